The molecule has 1 unspecified atom stereocenters. The van der Waals surface area contributed by atoms with Crippen molar-refractivity contribution in [2.75, 3.05) is 12.8 Å². The number of likely N-dealkylation sites (N-methyl/N-ethyl adjacent to an activating group) is 1. The van der Waals surface area contributed by atoms with Crippen LogP contribution in [0.3, 0.4) is 0 Å². The molecule has 5 nitrogen and oxygen atoms in total. The summed E-state index contributed by atoms with van der Waals surface area (Å²) in [4.78, 5) is 10.9. The molecule has 84 valence electrons. The van der Waals surface area contributed by atoms with Crippen molar-refractivity contribution in [1.29, 1.82) is 0 Å². The summed E-state index contributed by atoms with van der Waals surface area (Å²) in [5.74, 6) is -0.124. The Morgan fingerprint density at radius 2 is 2.53 bits per heavy atom. The Balaban J connectivity index is 2.38. The Hall–Kier alpha value is -0.660. The summed E-state index contributed by atoms with van der Waals surface area (Å²) >= 11 is 2.99. The smallest absolute Gasteiger partial charge is 0.323 e. The lowest BCUT2D eigenvalue weighted by molar-refractivity contribution is -0.144. The molecule has 0 aliphatic heterocycles. The van der Waals surface area contributed by atoms with Crippen molar-refractivity contribution in [3.8, 4) is 0 Å². The van der Waals surface area contributed by atoms with E-state index < -0.39 is 11.5 Å². The van der Waals surface area contributed by atoms with Gasteiger partial charge in [0.15, 0.2) is 4.34 Å². The molecular weight excluding hydrogens is 234 g/mol. The summed E-state index contributed by atoms with van der Waals surface area (Å²) in [6.45, 7) is 1.68. The Kier molecular flexibility index (Phi) is 4.49. The van der Waals surface area contributed by atoms with E-state index in [0.29, 0.717) is 12.2 Å². The third-order valence-electron chi connectivity index (χ3n) is 2.19. The normalized spacial score (nSPS) is 14.8. The molecule has 0 aromatic carbocycles. The minimum atomic E-state index is -0.863. The first kappa shape index (κ1) is 12.4. The van der Waals surface area contributed by atoms with Crippen molar-refractivity contribution in [3.63, 3.8) is 0 Å². The zero-order chi connectivity index (χ0) is 11.3. The molecular formula is C8H13N3O2S2. The number of carboxylic acids is 1. The van der Waals surface area contributed by atoms with Crippen LogP contribution in [0.5, 0.6) is 0 Å². The van der Waals surface area contributed by atoms with Crippen LogP contribution in [0.1, 0.15) is 13.3 Å². The van der Waals surface area contributed by atoms with Crippen molar-refractivity contribution < 1.29 is 9.90 Å². The number of nitrogens with zero attached hydrogens (tertiary/aromatic N) is 2. The fourth-order valence-electron chi connectivity index (χ4n) is 0.907. The van der Waals surface area contributed by atoms with Gasteiger partial charge in [-0.1, -0.05) is 23.1 Å². The van der Waals surface area contributed by atoms with Gasteiger partial charge in [0, 0.05) is 5.75 Å². The first-order valence-corrected chi connectivity index (χ1v) is 6.26. The molecule has 1 aromatic rings. The average molecular weight is 247 g/mol. The van der Waals surface area contributed by atoms with E-state index in [0.717, 1.165) is 4.34 Å². The fraction of sp³-hybridized carbons (Fsp3) is 0.625. The van der Waals surface area contributed by atoms with Crippen molar-refractivity contribution in [2.24, 2.45) is 0 Å². The van der Waals surface area contributed by atoms with E-state index in [1.54, 1.807) is 19.5 Å². The van der Waals surface area contributed by atoms with Crippen LogP contribution in [-0.4, -0.2) is 39.6 Å². The van der Waals surface area contributed by atoms with Crippen molar-refractivity contribution in [3.05, 3.63) is 5.51 Å². The molecule has 0 radical (unpaired) electrons. The van der Waals surface area contributed by atoms with Gasteiger partial charge < -0.3 is 10.4 Å². The van der Waals surface area contributed by atoms with Gasteiger partial charge in [0.25, 0.3) is 0 Å². The summed E-state index contributed by atoms with van der Waals surface area (Å²) in [6, 6.07) is 0. The van der Waals surface area contributed by atoms with Gasteiger partial charge in [-0.3, -0.25) is 4.79 Å². The summed E-state index contributed by atoms with van der Waals surface area (Å²) in [5.41, 5.74) is 0.800. The molecule has 0 bridgehead atoms. The Morgan fingerprint density at radius 3 is 3.00 bits per heavy atom. The van der Waals surface area contributed by atoms with Gasteiger partial charge >= 0.3 is 5.97 Å². The highest BCUT2D eigenvalue weighted by atomic mass is 32.2. The van der Waals surface area contributed by atoms with Crippen molar-refractivity contribution >= 4 is 29.1 Å². The van der Waals surface area contributed by atoms with E-state index in [9.17, 15) is 4.79 Å². The molecule has 1 heterocycles. The maximum absolute atomic E-state index is 10.9. The molecule has 2 N–H and O–H groups in total. The Bertz CT molecular complexity index is 318. The van der Waals surface area contributed by atoms with E-state index in [1.165, 1.54) is 23.1 Å². The summed E-state index contributed by atoms with van der Waals surface area (Å²) in [5, 5.41) is 19.4. The fourth-order valence-corrected chi connectivity index (χ4v) is 2.63. The summed E-state index contributed by atoms with van der Waals surface area (Å²) < 4.78 is 0.874. The Labute approximate surface area is 96.3 Å². The number of carboxylic acid groups (broad SMARTS) is 1. The van der Waals surface area contributed by atoms with Gasteiger partial charge in [0.1, 0.15) is 11.0 Å². The summed E-state index contributed by atoms with van der Waals surface area (Å²) in [7, 11) is 1.66. The summed E-state index contributed by atoms with van der Waals surface area (Å²) in [6.07, 6.45) is 0.545. The molecule has 0 fully saturated rings. The van der Waals surface area contributed by atoms with Crippen molar-refractivity contribution in [2.45, 2.75) is 23.2 Å². The highest BCUT2D eigenvalue weighted by molar-refractivity contribution is 8.00. The van der Waals surface area contributed by atoms with E-state index in [4.69, 9.17) is 5.11 Å². The average Bonchev–Trinajstić information content (AvgIpc) is 2.70. The van der Waals surface area contributed by atoms with Gasteiger partial charge in [0.2, 0.25) is 0 Å². The highest BCUT2D eigenvalue weighted by Gasteiger charge is 2.30. The molecule has 0 amide bonds. The number of hydrogen-bond acceptors (Lipinski definition) is 6. The second-order valence-corrected chi connectivity index (χ2v) is 5.37. The van der Waals surface area contributed by atoms with Crippen LogP contribution in [0.4, 0.5) is 0 Å². The number of thioether (sulfide) groups is 1. The zero-order valence-corrected chi connectivity index (χ0v) is 10.2. The zero-order valence-electron chi connectivity index (χ0n) is 8.56. The van der Waals surface area contributed by atoms with E-state index >= 15 is 0 Å². The highest BCUT2D eigenvalue weighted by Crippen LogP contribution is 2.22. The molecule has 0 saturated heterocycles. The topological polar surface area (TPSA) is 75.1 Å². The predicted octanol–water partition coefficient (Wildman–Crippen LogP) is 1.08. The van der Waals surface area contributed by atoms with Gasteiger partial charge in [-0.2, -0.15) is 0 Å². The van der Waals surface area contributed by atoms with Crippen LogP contribution in [-0.2, 0) is 4.79 Å². The molecule has 7 heteroatoms. The molecule has 1 rings (SSSR count). The van der Waals surface area contributed by atoms with E-state index in [2.05, 4.69) is 15.5 Å². The third-order valence-corrected chi connectivity index (χ3v) is 4.05. The molecule has 1 atom stereocenters. The number of aromatic nitrogens is 2. The second-order valence-electron chi connectivity index (χ2n) is 3.19. The lowest BCUT2D eigenvalue weighted by Crippen LogP contribution is -2.47. The van der Waals surface area contributed by atoms with Crippen molar-refractivity contribution in [1.82, 2.24) is 15.5 Å². The molecule has 0 saturated carbocycles. The van der Waals surface area contributed by atoms with Gasteiger partial charge in [0.05, 0.1) is 0 Å². The van der Waals surface area contributed by atoms with Crippen LogP contribution in [0, 0.1) is 0 Å². The van der Waals surface area contributed by atoms with Gasteiger partial charge in [-0.25, -0.2) is 0 Å². The number of hydrogen-bond donors (Lipinski definition) is 2. The van der Waals surface area contributed by atoms with Crippen LogP contribution >= 0.6 is 23.1 Å². The lowest BCUT2D eigenvalue weighted by Gasteiger charge is -2.23. The second kappa shape index (κ2) is 5.43. The standard InChI is InChI=1S/C8H13N3O2S2/c1-8(9-2,6(12)13)3-4-14-7-11-10-5-15-7/h5,9H,3-4H2,1-2H3,(H,12,13). The molecule has 0 aliphatic rings. The van der Waals surface area contributed by atoms with Crippen LogP contribution < -0.4 is 5.32 Å². The molecule has 0 aliphatic carbocycles. The van der Waals surface area contributed by atoms with Gasteiger partial charge in [-0.05, 0) is 20.4 Å². The van der Waals surface area contributed by atoms with E-state index in [1.807, 2.05) is 0 Å². The van der Waals surface area contributed by atoms with E-state index in [-0.39, 0.29) is 0 Å². The monoisotopic (exact) mass is 247 g/mol. The first-order chi connectivity index (χ1) is 7.08. The van der Waals surface area contributed by atoms with Gasteiger partial charge in [-0.15, -0.1) is 10.2 Å². The largest absolute Gasteiger partial charge is 0.480 e. The maximum Gasteiger partial charge on any atom is 0.323 e. The molecule has 15 heavy (non-hydrogen) atoms. The minimum Gasteiger partial charge on any atom is -0.480 e. The van der Waals surface area contributed by atoms with Crippen LogP contribution in [0.15, 0.2) is 9.85 Å². The number of nitrogens with one attached hydrogen (secondary N) is 1. The minimum absolute atomic E-state index is 0.545. The molecule has 1 aromatic heterocycles. The predicted molar refractivity (Wildman–Crippen MR) is 60.4 cm³/mol. The third kappa shape index (κ3) is 3.44. The Morgan fingerprint density at radius 1 is 1.80 bits per heavy atom. The number of carbonyl (C=O) groups is 1. The quantitative estimate of drug-likeness (QED) is 0.733. The SMILES string of the molecule is CNC(C)(CCSc1nncs1)C(=O)O. The number of aliphatic carboxylic acids is 1. The molecule has 0 spiro atoms. The first-order valence-electron chi connectivity index (χ1n) is 4.40. The maximum atomic E-state index is 10.9. The van der Waals surface area contributed by atoms with Crippen LogP contribution in [0.2, 0.25) is 0 Å². The number of rotatable bonds is 6. The van der Waals surface area contributed by atoms with Crippen LogP contribution in [0.25, 0.3) is 0 Å². The lowest BCUT2D eigenvalue weighted by atomic mass is 10.00.